The minimum Gasteiger partial charge on any atom is -0.200 e. The number of benzene rings is 1. The largest absolute Gasteiger partial charge is 0.280 e. The molecule has 0 amide bonds. The van der Waals surface area contributed by atoms with Gasteiger partial charge in [0, 0.05) is 12.6 Å². The molecule has 0 N–H and O–H groups in total. The summed E-state index contributed by atoms with van der Waals surface area (Å²) in [5.41, 5.74) is 1.89. The van der Waals surface area contributed by atoms with Crippen molar-refractivity contribution in [1.29, 1.82) is 0 Å². The lowest BCUT2D eigenvalue weighted by molar-refractivity contribution is 0.485. The maximum Gasteiger partial charge on any atom is 0.280 e. The SMILES string of the molecule is CC1=NN(C)S(=O)(=O)c2c(Cl)c(Cl)cc(C)c21. The van der Waals surface area contributed by atoms with E-state index < -0.39 is 10.0 Å². The first-order valence-electron chi connectivity index (χ1n) is 4.80. The fraction of sp³-hybridized carbons (Fsp3) is 0.300. The van der Waals surface area contributed by atoms with Gasteiger partial charge in [0.15, 0.2) is 0 Å². The molecule has 0 radical (unpaired) electrons. The zero-order chi connectivity index (χ0) is 13.0. The standard InChI is InChI=1S/C10H10Cl2N2O2S/c1-5-4-7(11)9(12)10-8(5)6(2)13-14(3)17(10,15)16/h4H,1-3H3. The Kier molecular flexibility index (Phi) is 2.88. The quantitative estimate of drug-likeness (QED) is 0.738. The molecule has 0 atom stereocenters. The molecule has 0 saturated heterocycles. The third kappa shape index (κ3) is 1.73. The molecule has 4 nitrogen and oxygen atoms in total. The van der Waals surface area contributed by atoms with Crippen LogP contribution in [0.3, 0.4) is 0 Å². The van der Waals surface area contributed by atoms with Gasteiger partial charge in [0.05, 0.1) is 15.8 Å². The Morgan fingerprint density at radius 2 is 1.88 bits per heavy atom. The number of aryl methyl sites for hydroxylation is 1. The number of sulfonamides is 1. The maximum atomic E-state index is 12.2. The lowest BCUT2D eigenvalue weighted by Gasteiger charge is -2.25. The van der Waals surface area contributed by atoms with Gasteiger partial charge < -0.3 is 0 Å². The maximum absolute atomic E-state index is 12.2. The Bertz CT molecular complexity index is 638. The number of rotatable bonds is 0. The van der Waals surface area contributed by atoms with E-state index in [1.54, 1.807) is 19.9 Å². The number of hydrogen-bond acceptors (Lipinski definition) is 3. The number of halogens is 2. The fourth-order valence-corrected chi connectivity index (χ4v) is 4.01. The Morgan fingerprint density at radius 3 is 2.47 bits per heavy atom. The number of hydrogen-bond donors (Lipinski definition) is 0. The van der Waals surface area contributed by atoms with Crippen LogP contribution in [0.5, 0.6) is 0 Å². The third-order valence-electron chi connectivity index (χ3n) is 2.63. The van der Waals surface area contributed by atoms with Crippen molar-refractivity contribution in [3.05, 3.63) is 27.2 Å². The van der Waals surface area contributed by atoms with Gasteiger partial charge in [0.1, 0.15) is 4.90 Å². The molecule has 92 valence electrons. The van der Waals surface area contributed by atoms with Gasteiger partial charge >= 0.3 is 0 Å². The number of hydrazone groups is 1. The third-order valence-corrected chi connectivity index (χ3v) is 5.23. The van der Waals surface area contributed by atoms with E-state index in [2.05, 4.69) is 5.10 Å². The molecule has 1 aromatic rings. The summed E-state index contributed by atoms with van der Waals surface area (Å²) >= 11 is 11.9. The van der Waals surface area contributed by atoms with Crippen LogP contribution in [0.2, 0.25) is 10.0 Å². The van der Waals surface area contributed by atoms with E-state index in [4.69, 9.17) is 23.2 Å². The normalized spacial score (nSPS) is 17.7. The molecule has 0 fully saturated rings. The summed E-state index contributed by atoms with van der Waals surface area (Å²) in [7, 11) is -2.33. The zero-order valence-corrected chi connectivity index (χ0v) is 11.8. The molecule has 1 heterocycles. The molecule has 17 heavy (non-hydrogen) atoms. The summed E-state index contributed by atoms with van der Waals surface area (Å²) in [6, 6.07) is 1.64. The van der Waals surface area contributed by atoms with E-state index in [1.807, 2.05) is 0 Å². The highest BCUT2D eigenvalue weighted by Gasteiger charge is 2.33. The molecule has 0 aromatic heterocycles. The molecule has 2 rings (SSSR count). The van der Waals surface area contributed by atoms with Crippen LogP contribution in [-0.2, 0) is 10.0 Å². The second-order valence-corrected chi connectivity index (χ2v) is 6.49. The molecule has 1 aromatic carbocycles. The van der Waals surface area contributed by atoms with Crippen LogP contribution in [-0.4, -0.2) is 25.6 Å². The molecule has 0 saturated carbocycles. The van der Waals surface area contributed by atoms with Crippen LogP contribution in [0.25, 0.3) is 0 Å². The average Bonchev–Trinajstić information content (AvgIpc) is 2.20. The van der Waals surface area contributed by atoms with Crippen molar-refractivity contribution in [3.8, 4) is 0 Å². The number of fused-ring (bicyclic) bond motifs is 1. The highest BCUT2D eigenvalue weighted by atomic mass is 35.5. The van der Waals surface area contributed by atoms with Crippen molar-refractivity contribution in [1.82, 2.24) is 4.41 Å². The van der Waals surface area contributed by atoms with E-state index in [0.29, 0.717) is 11.3 Å². The highest BCUT2D eigenvalue weighted by Crippen LogP contribution is 2.38. The molecule has 7 heteroatoms. The predicted octanol–water partition coefficient (Wildman–Crippen LogP) is 2.66. The summed E-state index contributed by atoms with van der Waals surface area (Å²) in [5, 5.41) is 4.25. The summed E-state index contributed by atoms with van der Waals surface area (Å²) in [6.07, 6.45) is 0. The van der Waals surface area contributed by atoms with E-state index in [-0.39, 0.29) is 14.9 Å². The average molecular weight is 293 g/mol. The second-order valence-electron chi connectivity index (χ2n) is 3.82. The fourth-order valence-electron chi connectivity index (χ4n) is 1.86. The molecule has 0 unspecified atom stereocenters. The van der Waals surface area contributed by atoms with E-state index >= 15 is 0 Å². The minimum atomic E-state index is -3.70. The van der Waals surface area contributed by atoms with Crippen LogP contribution in [0.1, 0.15) is 18.1 Å². The second kappa shape index (κ2) is 3.86. The monoisotopic (exact) mass is 292 g/mol. The minimum absolute atomic E-state index is 0.0409. The van der Waals surface area contributed by atoms with E-state index in [0.717, 1.165) is 9.98 Å². The van der Waals surface area contributed by atoms with Crippen LogP contribution in [0, 0.1) is 6.92 Å². The van der Waals surface area contributed by atoms with Gasteiger partial charge in [-0.3, -0.25) is 0 Å². The molecule has 0 spiro atoms. The molecule has 1 aliphatic heterocycles. The van der Waals surface area contributed by atoms with Crippen molar-refractivity contribution in [2.45, 2.75) is 18.7 Å². The Balaban J connectivity index is 2.98. The van der Waals surface area contributed by atoms with Gasteiger partial charge in [-0.2, -0.15) is 17.9 Å². The van der Waals surface area contributed by atoms with Crippen molar-refractivity contribution in [3.63, 3.8) is 0 Å². The Labute approximate surface area is 110 Å². The first-order valence-corrected chi connectivity index (χ1v) is 6.99. The summed E-state index contributed by atoms with van der Waals surface area (Å²) in [5.74, 6) is 0. The summed E-state index contributed by atoms with van der Waals surface area (Å²) in [6.45, 7) is 3.52. The van der Waals surface area contributed by atoms with Gasteiger partial charge in [-0.1, -0.05) is 23.2 Å². The zero-order valence-electron chi connectivity index (χ0n) is 9.45. The van der Waals surface area contributed by atoms with Crippen molar-refractivity contribution >= 4 is 38.9 Å². The van der Waals surface area contributed by atoms with Crippen molar-refractivity contribution in [2.24, 2.45) is 5.10 Å². The highest BCUT2D eigenvalue weighted by molar-refractivity contribution is 7.89. The lowest BCUT2D eigenvalue weighted by Crippen LogP contribution is -2.30. The smallest absolute Gasteiger partial charge is 0.200 e. The van der Waals surface area contributed by atoms with Crippen LogP contribution < -0.4 is 0 Å². The van der Waals surface area contributed by atoms with Gasteiger partial charge in [-0.15, -0.1) is 0 Å². The topological polar surface area (TPSA) is 49.7 Å². The number of nitrogens with zero attached hydrogens (tertiary/aromatic N) is 2. The molecular formula is C10H10Cl2N2O2S. The van der Waals surface area contributed by atoms with Crippen LogP contribution in [0.4, 0.5) is 0 Å². The van der Waals surface area contributed by atoms with Crippen LogP contribution in [0.15, 0.2) is 16.1 Å². The predicted molar refractivity (Wildman–Crippen MR) is 68.4 cm³/mol. The molecule has 0 bridgehead atoms. The van der Waals surface area contributed by atoms with Gasteiger partial charge in [-0.05, 0) is 25.5 Å². The first kappa shape index (κ1) is 12.7. The van der Waals surface area contributed by atoms with Crippen LogP contribution >= 0.6 is 23.2 Å². The molecular weight excluding hydrogens is 283 g/mol. The van der Waals surface area contributed by atoms with Crippen molar-refractivity contribution < 1.29 is 8.42 Å². The van der Waals surface area contributed by atoms with Gasteiger partial charge in [0.2, 0.25) is 0 Å². The van der Waals surface area contributed by atoms with E-state index in [1.165, 1.54) is 7.05 Å². The Morgan fingerprint density at radius 1 is 1.29 bits per heavy atom. The summed E-state index contributed by atoms with van der Waals surface area (Å²) < 4.78 is 25.2. The lowest BCUT2D eigenvalue weighted by atomic mass is 10.1. The van der Waals surface area contributed by atoms with E-state index in [9.17, 15) is 8.42 Å². The van der Waals surface area contributed by atoms with Crippen molar-refractivity contribution in [2.75, 3.05) is 7.05 Å². The first-order chi connectivity index (χ1) is 7.76. The Hall–Kier alpha value is -0.780. The molecule has 0 aliphatic carbocycles. The summed E-state index contributed by atoms with van der Waals surface area (Å²) in [4.78, 5) is 0.0409. The van der Waals surface area contributed by atoms with Gasteiger partial charge in [0.25, 0.3) is 10.0 Å². The van der Waals surface area contributed by atoms with Gasteiger partial charge in [-0.25, -0.2) is 0 Å². The molecule has 1 aliphatic rings.